The number of aliphatic hydroxyl groups excluding tert-OH is 4. The fourth-order valence-electron chi connectivity index (χ4n) is 5.87. The van der Waals surface area contributed by atoms with E-state index in [2.05, 4.69) is 31.9 Å². The van der Waals surface area contributed by atoms with Crippen molar-refractivity contribution in [2.24, 2.45) is 11.5 Å². The first-order chi connectivity index (χ1) is 29.1. The maximum atomic E-state index is 14.0. The molecule has 2 heterocycles. The zero-order valence-corrected chi connectivity index (χ0v) is 34.1. The van der Waals surface area contributed by atoms with E-state index in [9.17, 15) is 59.1 Å². The van der Waals surface area contributed by atoms with Crippen LogP contribution in [0.15, 0.2) is 54.6 Å². The lowest BCUT2D eigenvalue weighted by molar-refractivity contribution is -0.301. The highest BCUT2D eigenvalue weighted by molar-refractivity contribution is 8.76. The highest BCUT2D eigenvalue weighted by Crippen LogP contribution is 2.25. The fraction of sp³-hybridized carbons (Fsp3) is 0.486. The van der Waals surface area contributed by atoms with Gasteiger partial charge >= 0.3 is 0 Å². The minimum atomic E-state index is -1.86. The van der Waals surface area contributed by atoms with Crippen LogP contribution in [-0.4, -0.2) is 166 Å². The summed E-state index contributed by atoms with van der Waals surface area (Å²) in [5.74, 6) is -6.26. The van der Waals surface area contributed by atoms with Gasteiger partial charge in [0.25, 0.3) is 0 Å². The van der Waals surface area contributed by atoms with Gasteiger partial charge in [-0.05, 0) is 29.7 Å². The van der Waals surface area contributed by atoms with Crippen molar-refractivity contribution < 1.29 is 68.6 Å². The summed E-state index contributed by atoms with van der Waals surface area (Å²) < 4.78 is 10.8. The van der Waals surface area contributed by atoms with Crippen molar-refractivity contribution >= 4 is 62.9 Å². The summed E-state index contributed by atoms with van der Waals surface area (Å²) in [6.45, 7) is -2.81. The molecule has 22 nitrogen and oxygen atoms in total. The third-order valence-corrected chi connectivity index (χ3v) is 11.7. The van der Waals surface area contributed by atoms with E-state index in [-0.39, 0.29) is 30.1 Å². The molecular formula is C37H50N8O14S2. The molecule has 2 aromatic carbocycles. The van der Waals surface area contributed by atoms with Crippen LogP contribution >= 0.6 is 21.6 Å². The minimum Gasteiger partial charge on any atom is -0.508 e. The molecule has 61 heavy (non-hydrogen) atoms. The molecule has 2 aliphatic heterocycles. The number of carbonyl (C=O) groups is 7. The molecule has 1 unspecified atom stereocenters. The number of ether oxygens (including phenoxy) is 2. The van der Waals surface area contributed by atoms with Crippen molar-refractivity contribution in [2.75, 3.05) is 37.8 Å². The molecular weight excluding hydrogens is 845 g/mol. The van der Waals surface area contributed by atoms with Gasteiger partial charge in [-0.3, -0.25) is 33.6 Å². The standard InChI is InChI=1S/C37H50N8O14S2/c38-21(10-19-6-8-20(47)9-7-19)32(53)44-24-16-60-61-17-25(45-35(56)22(11-18-4-2-1-3-5-18)42-28(49)13-41-34(24)55)36(57)43-23(33(54)40-12-27(39)48)15-58-37-31(52)30(51)29(50)26(14-46)59-37/h1-9,21-26,29-31,37,46-47,50-52H,10-17,38H2,(H2,39,48)(H,40,54)(H,41,55)(H,42,49)(H,43,57)(H,44,53)(H,45,56)/t21-,22-,23-,24?,25+,26+,29-,30-,31+,37+/m0/s1. The predicted octanol–water partition coefficient (Wildman–Crippen LogP) is -5.63. The SMILES string of the molecule is NC(=O)CNC(=O)[C@H](CO[C@@H]1O[C@H](CO)[C@H](O)[C@H](O)[C@H]1O)NC(=O)[C@H]1CSSCC(NC(=O)[C@@H](N)Cc2ccc(O)cc2)C(=O)NCC(=O)N[C@@H](Cc2ccccc2)C(=O)N1. The van der Waals surface area contributed by atoms with Crippen LogP contribution in [-0.2, 0) is 55.9 Å². The Labute approximate surface area is 357 Å². The average molecular weight is 895 g/mol. The summed E-state index contributed by atoms with van der Waals surface area (Å²) in [5.41, 5.74) is 12.6. The lowest BCUT2D eigenvalue weighted by Crippen LogP contribution is -2.61. The molecule has 0 saturated carbocycles. The Bertz CT molecular complexity index is 1830. The Morgan fingerprint density at radius 1 is 0.885 bits per heavy atom. The van der Waals surface area contributed by atoms with Crippen LogP contribution in [0.5, 0.6) is 5.75 Å². The molecule has 0 bridgehead atoms. The smallest absolute Gasteiger partial charge is 0.245 e. The van der Waals surface area contributed by atoms with Crippen LogP contribution < -0.4 is 43.4 Å². The maximum Gasteiger partial charge on any atom is 0.245 e. The summed E-state index contributed by atoms with van der Waals surface area (Å²) >= 11 is 0. The molecule has 2 aromatic rings. The number of phenols is 1. The van der Waals surface area contributed by atoms with Crippen LogP contribution in [0, 0.1) is 0 Å². The summed E-state index contributed by atoms with van der Waals surface area (Å²) in [7, 11) is 2.03. The number of benzene rings is 2. The number of hydrogen-bond donors (Lipinski definition) is 13. The lowest BCUT2D eigenvalue weighted by Gasteiger charge is -2.40. The Balaban J connectivity index is 1.55. The molecule has 24 heteroatoms. The average Bonchev–Trinajstić information content (AvgIpc) is 3.24. The molecule has 0 spiro atoms. The van der Waals surface area contributed by atoms with Gasteiger partial charge < -0.3 is 78.4 Å². The van der Waals surface area contributed by atoms with Gasteiger partial charge in [-0.15, -0.1) is 0 Å². The van der Waals surface area contributed by atoms with Crippen molar-refractivity contribution in [2.45, 2.75) is 73.8 Å². The molecule has 2 saturated heterocycles. The van der Waals surface area contributed by atoms with E-state index in [0.717, 1.165) is 21.6 Å². The van der Waals surface area contributed by atoms with Gasteiger partial charge in [0.2, 0.25) is 41.4 Å². The van der Waals surface area contributed by atoms with E-state index in [1.54, 1.807) is 42.5 Å². The van der Waals surface area contributed by atoms with Crippen LogP contribution in [0.1, 0.15) is 11.1 Å². The van der Waals surface area contributed by atoms with Crippen molar-refractivity contribution in [3.05, 3.63) is 65.7 Å². The molecule has 2 fully saturated rings. The highest BCUT2D eigenvalue weighted by atomic mass is 33.1. The Morgan fingerprint density at radius 3 is 2.25 bits per heavy atom. The van der Waals surface area contributed by atoms with E-state index < -0.39 is 129 Å². The second-order valence-corrected chi connectivity index (χ2v) is 16.5. The number of rotatable bonds is 15. The summed E-state index contributed by atoms with van der Waals surface area (Å²) in [6.07, 6.45) is -8.46. The zero-order valence-electron chi connectivity index (χ0n) is 32.5. The van der Waals surface area contributed by atoms with E-state index >= 15 is 0 Å². The number of aliphatic hydroxyl groups is 4. The molecule has 2 aliphatic rings. The third-order valence-electron chi connectivity index (χ3n) is 9.25. The lowest BCUT2D eigenvalue weighted by atomic mass is 9.99. The summed E-state index contributed by atoms with van der Waals surface area (Å²) in [4.78, 5) is 92.2. The van der Waals surface area contributed by atoms with Gasteiger partial charge in [-0.2, -0.15) is 0 Å². The number of nitrogens with one attached hydrogen (secondary N) is 6. The van der Waals surface area contributed by atoms with Crippen LogP contribution in [0.3, 0.4) is 0 Å². The van der Waals surface area contributed by atoms with E-state index in [0.29, 0.717) is 11.1 Å². The number of primary amides is 1. The third kappa shape index (κ3) is 15.1. The van der Waals surface area contributed by atoms with E-state index in [1.165, 1.54) is 12.1 Å². The normalized spacial score (nSPS) is 26.2. The van der Waals surface area contributed by atoms with Crippen molar-refractivity contribution in [1.82, 2.24) is 31.9 Å². The molecule has 0 aromatic heterocycles. The zero-order chi connectivity index (χ0) is 44.6. The van der Waals surface area contributed by atoms with E-state index in [4.69, 9.17) is 20.9 Å². The first-order valence-corrected chi connectivity index (χ1v) is 21.3. The first kappa shape index (κ1) is 48.6. The van der Waals surface area contributed by atoms with Gasteiger partial charge in [-0.1, -0.05) is 64.1 Å². The molecule has 10 atom stereocenters. The van der Waals surface area contributed by atoms with Crippen LogP contribution in [0.4, 0.5) is 0 Å². The van der Waals surface area contributed by atoms with Crippen molar-refractivity contribution in [3.8, 4) is 5.75 Å². The molecule has 334 valence electrons. The number of aromatic hydroxyl groups is 1. The topological polar surface area (TPSA) is 363 Å². The summed E-state index contributed by atoms with van der Waals surface area (Å²) in [5, 5.41) is 64.7. The molecule has 0 radical (unpaired) electrons. The second-order valence-electron chi connectivity index (χ2n) is 14.0. The van der Waals surface area contributed by atoms with Gasteiger partial charge in [0.15, 0.2) is 6.29 Å². The quantitative estimate of drug-likeness (QED) is 0.0741. The largest absolute Gasteiger partial charge is 0.508 e. The molecule has 15 N–H and O–H groups in total. The number of carbonyl (C=O) groups excluding carboxylic acids is 7. The monoisotopic (exact) mass is 894 g/mol. The van der Waals surface area contributed by atoms with Crippen molar-refractivity contribution in [1.29, 1.82) is 0 Å². The summed E-state index contributed by atoms with van der Waals surface area (Å²) in [6, 6.07) is 7.85. The van der Waals surface area contributed by atoms with Gasteiger partial charge in [0.1, 0.15) is 54.3 Å². The number of nitrogens with two attached hydrogens (primary N) is 2. The first-order valence-electron chi connectivity index (χ1n) is 18.8. The van der Waals surface area contributed by atoms with Gasteiger partial charge in [0.05, 0.1) is 32.3 Å². The van der Waals surface area contributed by atoms with Crippen LogP contribution in [0.25, 0.3) is 0 Å². The Morgan fingerprint density at radius 2 is 1.57 bits per heavy atom. The Hall–Kier alpha value is -5.05. The predicted molar refractivity (Wildman–Crippen MR) is 218 cm³/mol. The van der Waals surface area contributed by atoms with Gasteiger partial charge in [-0.25, -0.2) is 0 Å². The highest BCUT2D eigenvalue weighted by Gasteiger charge is 2.44. The van der Waals surface area contributed by atoms with Gasteiger partial charge in [0, 0.05) is 17.9 Å². The molecule has 0 aliphatic carbocycles. The number of hydrogen-bond acceptors (Lipinski definition) is 17. The maximum absolute atomic E-state index is 14.0. The van der Waals surface area contributed by atoms with E-state index in [1.807, 2.05) is 0 Å². The number of amides is 7. The minimum absolute atomic E-state index is 0.0220. The fourth-order valence-corrected chi connectivity index (χ4v) is 8.20. The second kappa shape index (κ2) is 23.8. The van der Waals surface area contributed by atoms with Crippen molar-refractivity contribution in [3.63, 3.8) is 0 Å². The Kier molecular flexibility index (Phi) is 19.0. The number of phenolic OH excluding ortho intramolecular Hbond substituents is 1. The molecule has 4 rings (SSSR count). The van der Waals surface area contributed by atoms with Crippen LogP contribution in [0.2, 0.25) is 0 Å². The molecule has 7 amide bonds.